The van der Waals surface area contributed by atoms with Crippen LogP contribution in [-0.2, 0) is 18.4 Å². The van der Waals surface area contributed by atoms with Crippen molar-refractivity contribution < 1.29 is 14.3 Å². The topological polar surface area (TPSA) is 78.3 Å². The SMILES string of the molecule is COc1ccccc1-c1nscc1NC(=O)OCc1ccc2c(c1)ncn2C. The third-order valence-corrected chi connectivity index (χ3v) is 4.96. The monoisotopic (exact) mass is 394 g/mol. The van der Waals surface area contributed by atoms with Crippen LogP contribution >= 0.6 is 11.5 Å². The van der Waals surface area contributed by atoms with Crippen molar-refractivity contribution in [3.63, 3.8) is 0 Å². The van der Waals surface area contributed by atoms with Gasteiger partial charge < -0.3 is 14.0 Å². The van der Waals surface area contributed by atoms with Crippen LogP contribution in [0.3, 0.4) is 0 Å². The second kappa shape index (κ2) is 7.69. The molecule has 0 unspecified atom stereocenters. The molecule has 0 atom stereocenters. The van der Waals surface area contributed by atoms with E-state index in [1.54, 1.807) is 18.8 Å². The smallest absolute Gasteiger partial charge is 0.412 e. The van der Waals surface area contributed by atoms with E-state index in [0.717, 1.165) is 22.2 Å². The number of fused-ring (bicyclic) bond motifs is 1. The van der Waals surface area contributed by atoms with Gasteiger partial charge in [-0.05, 0) is 41.4 Å². The minimum atomic E-state index is -0.544. The summed E-state index contributed by atoms with van der Waals surface area (Å²) in [5, 5.41) is 4.53. The Bertz CT molecular complexity index is 1140. The van der Waals surface area contributed by atoms with Crippen LogP contribution in [0, 0.1) is 0 Å². The molecule has 0 aliphatic rings. The maximum absolute atomic E-state index is 12.3. The van der Waals surface area contributed by atoms with Gasteiger partial charge in [0.05, 0.1) is 30.2 Å². The Labute approximate surface area is 165 Å². The minimum absolute atomic E-state index is 0.153. The van der Waals surface area contributed by atoms with E-state index in [1.807, 2.05) is 54.1 Å². The highest BCUT2D eigenvalue weighted by Gasteiger charge is 2.15. The molecule has 1 amide bonds. The predicted octanol–water partition coefficient (Wildman–Crippen LogP) is 4.45. The van der Waals surface area contributed by atoms with E-state index in [9.17, 15) is 4.79 Å². The van der Waals surface area contributed by atoms with Crippen LogP contribution in [0.15, 0.2) is 54.2 Å². The van der Waals surface area contributed by atoms with Crippen LogP contribution in [0.5, 0.6) is 5.75 Å². The van der Waals surface area contributed by atoms with Gasteiger partial charge in [-0.1, -0.05) is 18.2 Å². The van der Waals surface area contributed by atoms with Gasteiger partial charge in [0.25, 0.3) is 0 Å². The Hall–Kier alpha value is -3.39. The Morgan fingerprint density at radius 2 is 2.11 bits per heavy atom. The van der Waals surface area contributed by atoms with E-state index in [0.29, 0.717) is 17.1 Å². The highest BCUT2D eigenvalue weighted by molar-refractivity contribution is 7.04. The molecule has 0 radical (unpaired) electrons. The molecule has 0 spiro atoms. The molecule has 8 heteroatoms. The van der Waals surface area contributed by atoms with E-state index in [4.69, 9.17) is 9.47 Å². The number of carbonyl (C=O) groups excluding carboxylic acids is 1. The minimum Gasteiger partial charge on any atom is -0.496 e. The van der Waals surface area contributed by atoms with E-state index < -0.39 is 6.09 Å². The summed E-state index contributed by atoms with van der Waals surface area (Å²) >= 11 is 1.25. The zero-order valence-electron chi connectivity index (χ0n) is 15.4. The second-order valence-corrected chi connectivity index (χ2v) is 6.79. The fourth-order valence-electron chi connectivity index (χ4n) is 2.93. The number of nitrogens with zero attached hydrogens (tertiary/aromatic N) is 3. The number of carbonyl (C=O) groups is 1. The summed E-state index contributed by atoms with van der Waals surface area (Å²) in [6.07, 6.45) is 1.21. The summed E-state index contributed by atoms with van der Waals surface area (Å²) in [5.74, 6) is 0.688. The van der Waals surface area contributed by atoms with Crippen molar-refractivity contribution in [1.29, 1.82) is 0 Å². The normalized spacial score (nSPS) is 10.8. The number of imidazole rings is 1. The molecule has 2 aromatic carbocycles. The summed E-state index contributed by atoms with van der Waals surface area (Å²) in [5.41, 5.74) is 4.80. The number of amides is 1. The molecule has 7 nitrogen and oxygen atoms in total. The highest BCUT2D eigenvalue weighted by atomic mass is 32.1. The number of rotatable bonds is 5. The summed E-state index contributed by atoms with van der Waals surface area (Å²) in [6, 6.07) is 13.3. The molecule has 0 saturated heterocycles. The lowest BCUT2D eigenvalue weighted by Gasteiger charge is -2.10. The summed E-state index contributed by atoms with van der Waals surface area (Å²) < 4.78 is 17.1. The molecule has 4 aromatic rings. The number of anilines is 1. The number of methoxy groups -OCH3 is 1. The number of benzene rings is 2. The number of nitrogens with one attached hydrogen (secondary N) is 1. The Morgan fingerprint density at radius 1 is 1.25 bits per heavy atom. The first-order chi connectivity index (χ1) is 13.7. The van der Waals surface area contributed by atoms with Crippen molar-refractivity contribution in [2.24, 2.45) is 7.05 Å². The predicted molar refractivity (Wildman–Crippen MR) is 109 cm³/mol. The number of para-hydroxylation sites is 1. The summed E-state index contributed by atoms with van der Waals surface area (Å²) in [7, 11) is 3.54. The fourth-order valence-corrected chi connectivity index (χ4v) is 3.56. The lowest BCUT2D eigenvalue weighted by atomic mass is 10.1. The van der Waals surface area contributed by atoms with Crippen LogP contribution in [0.2, 0.25) is 0 Å². The maximum Gasteiger partial charge on any atom is 0.412 e. The molecule has 2 aromatic heterocycles. The first kappa shape index (κ1) is 18.0. The highest BCUT2D eigenvalue weighted by Crippen LogP contribution is 2.35. The van der Waals surface area contributed by atoms with Crippen LogP contribution in [0.1, 0.15) is 5.56 Å². The quantitative estimate of drug-likeness (QED) is 0.541. The van der Waals surface area contributed by atoms with Gasteiger partial charge in [-0.3, -0.25) is 5.32 Å². The summed E-state index contributed by atoms with van der Waals surface area (Å²) in [6.45, 7) is 0.153. The Balaban J connectivity index is 1.45. The molecule has 0 aliphatic carbocycles. The van der Waals surface area contributed by atoms with Gasteiger partial charge in [0.1, 0.15) is 18.1 Å². The largest absolute Gasteiger partial charge is 0.496 e. The van der Waals surface area contributed by atoms with E-state index in [1.165, 1.54) is 11.5 Å². The van der Waals surface area contributed by atoms with Crippen LogP contribution < -0.4 is 10.1 Å². The molecule has 0 saturated carbocycles. The van der Waals surface area contributed by atoms with Gasteiger partial charge in [-0.2, -0.15) is 4.37 Å². The molecular formula is C20H18N4O3S. The standard InChI is InChI=1S/C20H18N4O3S/c1-24-12-21-15-9-13(7-8-17(15)24)10-27-20(25)22-16-11-28-23-19(16)14-5-3-4-6-18(14)26-2/h3-9,11-12H,10H2,1-2H3,(H,22,25). The first-order valence-electron chi connectivity index (χ1n) is 8.57. The molecular weight excluding hydrogens is 376 g/mol. The van der Waals surface area contributed by atoms with Crippen molar-refractivity contribution in [3.8, 4) is 17.0 Å². The molecule has 1 N–H and O–H groups in total. The van der Waals surface area contributed by atoms with E-state index in [2.05, 4.69) is 14.7 Å². The van der Waals surface area contributed by atoms with Crippen molar-refractivity contribution in [2.75, 3.05) is 12.4 Å². The van der Waals surface area contributed by atoms with Gasteiger partial charge in [-0.25, -0.2) is 9.78 Å². The van der Waals surface area contributed by atoms with Crippen molar-refractivity contribution in [2.45, 2.75) is 6.61 Å². The number of hydrogen-bond acceptors (Lipinski definition) is 6. The molecule has 142 valence electrons. The van der Waals surface area contributed by atoms with Crippen molar-refractivity contribution >= 4 is 34.3 Å². The van der Waals surface area contributed by atoms with Gasteiger partial charge >= 0.3 is 6.09 Å². The number of aryl methyl sites for hydroxylation is 1. The zero-order chi connectivity index (χ0) is 19.5. The zero-order valence-corrected chi connectivity index (χ0v) is 16.2. The average molecular weight is 394 g/mol. The van der Waals surface area contributed by atoms with E-state index >= 15 is 0 Å². The van der Waals surface area contributed by atoms with Crippen molar-refractivity contribution in [1.82, 2.24) is 13.9 Å². The van der Waals surface area contributed by atoms with Gasteiger partial charge in [0.2, 0.25) is 0 Å². The Kier molecular flexibility index (Phi) is 4.94. The van der Waals surface area contributed by atoms with Gasteiger partial charge in [0.15, 0.2) is 0 Å². The van der Waals surface area contributed by atoms with Crippen LogP contribution in [-0.4, -0.2) is 27.1 Å². The van der Waals surface area contributed by atoms with Crippen LogP contribution in [0.25, 0.3) is 22.3 Å². The third kappa shape index (κ3) is 3.54. The lowest BCUT2D eigenvalue weighted by Crippen LogP contribution is -2.13. The molecule has 0 fully saturated rings. The third-order valence-electron chi connectivity index (χ3n) is 4.33. The summed E-state index contributed by atoms with van der Waals surface area (Å²) in [4.78, 5) is 16.6. The Morgan fingerprint density at radius 3 is 2.96 bits per heavy atom. The van der Waals surface area contributed by atoms with E-state index in [-0.39, 0.29) is 6.61 Å². The number of aromatic nitrogens is 3. The second-order valence-electron chi connectivity index (χ2n) is 6.16. The van der Waals surface area contributed by atoms with Crippen molar-refractivity contribution in [3.05, 3.63) is 59.7 Å². The van der Waals surface area contributed by atoms with Gasteiger partial charge in [-0.15, -0.1) is 0 Å². The fraction of sp³-hybridized carbons (Fsp3) is 0.150. The van der Waals surface area contributed by atoms with Crippen LogP contribution in [0.4, 0.5) is 10.5 Å². The molecule has 4 rings (SSSR count). The lowest BCUT2D eigenvalue weighted by molar-refractivity contribution is 0.155. The molecule has 0 bridgehead atoms. The molecule has 2 heterocycles. The number of hydrogen-bond donors (Lipinski definition) is 1. The number of ether oxygens (including phenoxy) is 2. The maximum atomic E-state index is 12.3. The van der Waals surface area contributed by atoms with Gasteiger partial charge in [0, 0.05) is 18.0 Å². The average Bonchev–Trinajstić information content (AvgIpc) is 3.33. The first-order valence-corrected chi connectivity index (χ1v) is 9.41. The molecule has 0 aliphatic heterocycles. The molecule has 28 heavy (non-hydrogen) atoms.